The molecule has 1 aromatic carbocycles. The van der Waals surface area contributed by atoms with E-state index in [1.54, 1.807) is 0 Å². The Morgan fingerprint density at radius 3 is 2.45 bits per heavy atom. The first-order chi connectivity index (χ1) is 10.2. The van der Waals surface area contributed by atoms with E-state index in [-0.39, 0.29) is 35.1 Å². The Hall–Kier alpha value is -1.73. The number of hydrogen-bond donors (Lipinski definition) is 3. The summed E-state index contributed by atoms with van der Waals surface area (Å²) in [5.74, 6) is -5.87. The number of hydrogen-bond acceptors (Lipinski definition) is 3. The van der Waals surface area contributed by atoms with E-state index in [2.05, 4.69) is 5.32 Å². The summed E-state index contributed by atoms with van der Waals surface area (Å²) >= 11 is 5.86. The Balaban J connectivity index is 2.16. The molecule has 0 aliphatic heterocycles. The van der Waals surface area contributed by atoms with Gasteiger partial charge in [0.25, 0.3) is 5.91 Å². The van der Waals surface area contributed by atoms with Gasteiger partial charge in [-0.05, 0) is 37.5 Å². The zero-order valence-electron chi connectivity index (χ0n) is 11.8. The third-order valence-electron chi connectivity index (χ3n) is 3.59. The molecular formula is C14H15ClF2N2O3. The van der Waals surface area contributed by atoms with Crippen LogP contribution in [0.1, 0.15) is 26.2 Å². The fraction of sp³-hybridized carbons (Fsp3) is 0.429. The molecule has 120 valence electrons. The molecule has 22 heavy (non-hydrogen) atoms. The fourth-order valence-electron chi connectivity index (χ4n) is 2.14. The van der Waals surface area contributed by atoms with Crippen molar-refractivity contribution in [1.29, 1.82) is 0 Å². The summed E-state index contributed by atoms with van der Waals surface area (Å²) in [6.07, 6.45) is 0.212. The highest BCUT2D eigenvalue weighted by atomic mass is 35.5. The Morgan fingerprint density at radius 2 is 1.95 bits per heavy atom. The van der Waals surface area contributed by atoms with Crippen molar-refractivity contribution in [3.63, 3.8) is 0 Å². The van der Waals surface area contributed by atoms with Gasteiger partial charge in [0, 0.05) is 12.6 Å². The van der Waals surface area contributed by atoms with E-state index in [9.17, 15) is 23.5 Å². The molecule has 0 aromatic heterocycles. The minimum absolute atomic E-state index is 0.0424. The van der Waals surface area contributed by atoms with Crippen molar-refractivity contribution >= 4 is 34.8 Å². The lowest BCUT2D eigenvalue weighted by Gasteiger charge is -2.41. The van der Waals surface area contributed by atoms with Crippen LogP contribution in [0.25, 0.3) is 0 Å². The highest BCUT2D eigenvalue weighted by Crippen LogP contribution is 2.44. The first-order valence-electron chi connectivity index (χ1n) is 6.64. The van der Waals surface area contributed by atoms with E-state index in [1.807, 2.05) is 5.32 Å². The Labute approximate surface area is 130 Å². The van der Waals surface area contributed by atoms with Crippen molar-refractivity contribution in [1.82, 2.24) is 0 Å². The molecule has 1 aliphatic carbocycles. The zero-order valence-corrected chi connectivity index (χ0v) is 12.5. The molecule has 1 aliphatic rings. The number of alkyl halides is 2. The standard InChI is InChI=1S/C14H15ClF2N2O3/c1-8(20)18-11-7-9(3-4-10(11)15)19-12(21)14(16,17)13(22)5-2-6-13/h3-4,7,22H,2,5-6H2,1H3,(H,18,20)(H,19,21). The lowest BCUT2D eigenvalue weighted by Crippen LogP contribution is -2.59. The molecule has 0 heterocycles. The van der Waals surface area contributed by atoms with E-state index in [0.717, 1.165) is 0 Å². The van der Waals surface area contributed by atoms with Crippen molar-refractivity contribution in [3.05, 3.63) is 23.2 Å². The van der Waals surface area contributed by atoms with E-state index < -0.39 is 17.4 Å². The lowest BCUT2D eigenvalue weighted by molar-refractivity contribution is -0.212. The van der Waals surface area contributed by atoms with Crippen molar-refractivity contribution in [2.45, 2.75) is 37.7 Å². The third kappa shape index (κ3) is 3.05. The average molecular weight is 333 g/mol. The van der Waals surface area contributed by atoms with Gasteiger partial charge < -0.3 is 15.7 Å². The van der Waals surface area contributed by atoms with Gasteiger partial charge in [-0.25, -0.2) is 0 Å². The number of anilines is 2. The monoisotopic (exact) mass is 332 g/mol. The summed E-state index contributed by atoms with van der Waals surface area (Å²) in [6.45, 7) is 1.27. The largest absolute Gasteiger partial charge is 0.383 e. The summed E-state index contributed by atoms with van der Waals surface area (Å²) in [4.78, 5) is 22.8. The van der Waals surface area contributed by atoms with Crippen molar-refractivity contribution in [3.8, 4) is 0 Å². The summed E-state index contributed by atoms with van der Waals surface area (Å²) in [5.41, 5.74) is -2.05. The van der Waals surface area contributed by atoms with Crippen LogP contribution in [-0.4, -0.2) is 28.4 Å². The minimum Gasteiger partial charge on any atom is -0.383 e. The number of nitrogens with one attached hydrogen (secondary N) is 2. The second-order valence-corrected chi connectivity index (χ2v) is 5.70. The van der Waals surface area contributed by atoms with Crippen LogP contribution in [0.3, 0.4) is 0 Å². The van der Waals surface area contributed by atoms with E-state index in [1.165, 1.54) is 25.1 Å². The molecule has 1 saturated carbocycles. The molecule has 1 aromatic rings. The second-order valence-electron chi connectivity index (χ2n) is 5.29. The average Bonchev–Trinajstić information content (AvgIpc) is 2.39. The maximum atomic E-state index is 14.0. The summed E-state index contributed by atoms with van der Waals surface area (Å²) in [5, 5.41) is 14.4. The number of aliphatic hydroxyl groups is 1. The van der Waals surface area contributed by atoms with Gasteiger partial charge in [-0.3, -0.25) is 9.59 Å². The smallest absolute Gasteiger partial charge is 0.352 e. The topological polar surface area (TPSA) is 78.4 Å². The zero-order chi connectivity index (χ0) is 16.5. The number of carbonyl (C=O) groups is 2. The van der Waals surface area contributed by atoms with Crippen LogP contribution < -0.4 is 10.6 Å². The molecule has 0 radical (unpaired) electrons. The highest BCUT2D eigenvalue weighted by Gasteiger charge is 2.61. The Morgan fingerprint density at radius 1 is 1.32 bits per heavy atom. The molecule has 0 unspecified atom stereocenters. The summed E-state index contributed by atoms with van der Waals surface area (Å²) in [7, 11) is 0. The van der Waals surface area contributed by atoms with Gasteiger partial charge in [-0.1, -0.05) is 11.6 Å². The van der Waals surface area contributed by atoms with Crippen molar-refractivity contribution < 1.29 is 23.5 Å². The molecule has 0 saturated heterocycles. The van der Waals surface area contributed by atoms with Crippen LogP contribution in [0.4, 0.5) is 20.2 Å². The molecular weight excluding hydrogens is 318 g/mol. The lowest BCUT2D eigenvalue weighted by atomic mass is 9.75. The van der Waals surface area contributed by atoms with Gasteiger partial charge >= 0.3 is 5.92 Å². The number of benzene rings is 1. The summed E-state index contributed by atoms with van der Waals surface area (Å²) < 4.78 is 27.9. The molecule has 0 spiro atoms. The van der Waals surface area contributed by atoms with Crippen LogP contribution >= 0.6 is 11.6 Å². The maximum Gasteiger partial charge on any atom is 0.352 e. The maximum absolute atomic E-state index is 14.0. The van der Waals surface area contributed by atoms with Crippen molar-refractivity contribution in [2.75, 3.05) is 10.6 Å². The van der Waals surface area contributed by atoms with Gasteiger partial charge in [0.05, 0.1) is 10.7 Å². The first kappa shape index (κ1) is 16.6. The Bertz CT molecular complexity index is 618. The molecule has 2 rings (SSSR count). The molecule has 1 fully saturated rings. The van der Waals surface area contributed by atoms with Crippen LogP contribution in [0, 0.1) is 0 Å². The van der Waals surface area contributed by atoms with Crippen LogP contribution in [0.15, 0.2) is 18.2 Å². The van der Waals surface area contributed by atoms with Gasteiger partial charge in [0.1, 0.15) is 5.60 Å². The SMILES string of the molecule is CC(=O)Nc1cc(NC(=O)C(F)(F)C2(O)CCC2)ccc1Cl. The number of rotatable bonds is 4. The predicted molar refractivity (Wildman–Crippen MR) is 78.1 cm³/mol. The number of amides is 2. The number of halogens is 3. The van der Waals surface area contributed by atoms with Gasteiger partial charge in [0.15, 0.2) is 0 Å². The molecule has 0 atom stereocenters. The highest BCUT2D eigenvalue weighted by molar-refractivity contribution is 6.33. The molecule has 8 heteroatoms. The predicted octanol–water partition coefficient (Wildman–Crippen LogP) is 2.79. The van der Waals surface area contributed by atoms with Gasteiger partial charge in [-0.2, -0.15) is 8.78 Å². The summed E-state index contributed by atoms with van der Waals surface area (Å²) in [6, 6.07) is 3.95. The van der Waals surface area contributed by atoms with Gasteiger partial charge in [-0.15, -0.1) is 0 Å². The minimum atomic E-state index is -3.89. The normalized spacial score (nSPS) is 16.6. The molecule has 0 bridgehead atoms. The van der Waals surface area contributed by atoms with Crippen molar-refractivity contribution in [2.24, 2.45) is 0 Å². The molecule has 2 amide bonds. The third-order valence-corrected chi connectivity index (χ3v) is 3.91. The van der Waals surface area contributed by atoms with Gasteiger partial charge in [0.2, 0.25) is 5.91 Å². The van der Waals surface area contributed by atoms with E-state index in [0.29, 0.717) is 6.42 Å². The van der Waals surface area contributed by atoms with E-state index >= 15 is 0 Å². The Kier molecular flexibility index (Phi) is 4.39. The van der Waals surface area contributed by atoms with Crippen LogP contribution in [0.2, 0.25) is 5.02 Å². The first-order valence-corrected chi connectivity index (χ1v) is 7.02. The quantitative estimate of drug-likeness (QED) is 0.793. The fourth-order valence-corrected chi connectivity index (χ4v) is 2.30. The second kappa shape index (κ2) is 5.81. The molecule has 3 N–H and O–H groups in total. The van der Waals surface area contributed by atoms with Crippen LogP contribution in [-0.2, 0) is 9.59 Å². The van der Waals surface area contributed by atoms with Crippen LogP contribution in [0.5, 0.6) is 0 Å². The number of carbonyl (C=O) groups excluding carboxylic acids is 2. The molecule has 5 nitrogen and oxygen atoms in total. The van der Waals surface area contributed by atoms with E-state index in [4.69, 9.17) is 11.6 Å².